The van der Waals surface area contributed by atoms with Gasteiger partial charge in [0.05, 0.1) is 6.26 Å². The van der Waals surface area contributed by atoms with Crippen molar-refractivity contribution in [2.24, 2.45) is 0 Å². The van der Waals surface area contributed by atoms with Gasteiger partial charge >= 0.3 is 17.9 Å². The summed E-state index contributed by atoms with van der Waals surface area (Å²) >= 11 is 0. The summed E-state index contributed by atoms with van der Waals surface area (Å²) in [4.78, 5) is 35.0. The van der Waals surface area contributed by atoms with Crippen molar-refractivity contribution in [2.75, 3.05) is 0 Å². The maximum absolute atomic E-state index is 12.0. The van der Waals surface area contributed by atoms with E-state index in [0.717, 1.165) is 20.8 Å². The fraction of sp³-hybridized carbons (Fsp3) is 0.421. The molecule has 5 atom stereocenters. The van der Waals surface area contributed by atoms with Crippen molar-refractivity contribution in [2.45, 2.75) is 50.8 Å². The average Bonchev–Trinajstić information content (AvgIpc) is 3.07. The maximum Gasteiger partial charge on any atom is 0.303 e. The molecule has 0 aromatic heterocycles. The number of ether oxygens (including phenoxy) is 5. The Hall–Kier alpha value is -3.16. The van der Waals surface area contributed by atoms with Gasteiger partial charge in [-0.05, 0) is 24.3 Å². The lowest BCUT2D eigenvalue weighted by atomic mass is 10.0. The molecule has 0 radical (unpaired) electrons. The zero-order valence-corrected chi connectivity index (χ0v) is 17.9. The summed E-state index contributed by atoms with van der Waals surface area (Å²) in [5.41, 5.74) is -1.58. The fourth-order valence-electron chi connectivity index (χ4n) is 3.26. The van der Waals surface area contributed by atoms with Crippen LogP contribution in [0, 0.1) is 0 Å². The molecule has 1 aliphatic carbocycles. The van der Waals surface area contributed by atoms with Crippen LogP contribution in [0.15, 0.2) is 34.9 Å². The van der Waals surface area contributed by atoms with Gasteiger partial charge in [0.15, 0.2) is 23.7 Å². The Morgan fingerprint density at radius 2 is 1.50 bits per heavy atom. The molecule has 3 aliphatic rings. The van der Waals surface area contributed by atoms with Crippen LogP contribution in [0.25, 0.3) is 11.3 Å². The zero-order chi connectivity index (χ0) is 23.6. The van der Waals surface area contributed by atoms with Gasteiger partial charge in [-0.3, -0.25) is 18.9 Å². The van der Waals surface area contributed by atoms with Gasteiger partial charge in [-0.1, -0.05) is 0 Å². The summed E-state index contributed by atoms with van der Waals surface area (Å²) in [6, 6.07) is 6.49. The van der Waals surface area contributed by atoms with Gasteiger partial charge < -0.3 is 28.1 Å². The number of rotatable bonds is 6. The highest BCUT2D eigenvalue weighted by Gasteiger charge is 2.57. The van der Waals surface area contributed by atoms with Gasteiger partial charge in [0.1, 0.15) is 0 Å². The second kappa shape index (κ2) is 9.14. The van der Waals surface area contributed by atoms with E-state index in [1.165, 1.54) is 12.3 Å². The minimum absolute atomic E-state index is 0.0874. The molecule has 2 aliphatic heterocycles. The first-order valence-electron chi connectivity index (χ1n) is 9.23. The number of carbonyl (C=O) groups is 3. The lowest BCUT2D eigenvalue weighted by molar-refractivity contribution is -0.269. The Bertz CT molecular complexity index is 1070. The molecule has 1 N–H and O–H groups in total. The van der Waals surface area contributed by atoms with E-state index in [1.54, 1.807) is 18.2 Å². The van der Waals surface area contributed by atoms with Crippen LogP contribution >= 0.6 is 0 Å². The second-order valence-corrected chi connectivity index (χ2v) is 8.32. The molecule has 32 heavy (non-hydrogen) atoms. The lowest BCUT2D eigenvalue weighted by Gasteiger charge is -2.42. The van der Waals surface area contributed by atoms with Crippen molar-refractivity contribution in [3.8, 4) is 17.1 Å². The summed E-state index contributed by atoms with van der Waals surface area (Å²) in [5.74, 6) is -2.37. The maximum atomic E-state index is 12.0. The first kappa shape index (κ1) is 23.5. The molecule has 0 saturated carbocycles. The van der Waals surface area contributed by atoms with Crippen LogP contribution in [-0.2, 0) is 43.4 Å². The molecule has 1 fully saturated rings. The highest BCUT2D eigenvalue weighted by Crippen LogP contribution is 2.38. The first-order valence-corrected chi connectivity index (χ1v) is 10.7. The predicted molar refractivity (Wildman–Crippen MR) is 103 cm³/mol. The van der Waals surface area contributed by atoms with E-state index in [9.17, 15) is 27.4 Å². The molecule has 0 aromatic rings. The van der Waals surface area contributed by atoms with Crippen molar-refractivity contribution in [1.82, 2.24) is 0 Å². The van der Waals surface area contributed by atoms with E-state index >= 15 is 0 Å². The second-order valence-electron chi connectivity index (χ2n) is 6.82. The average molecular weight is 472 g/mol. The van der Waals surface area contributed by atoms with Crippen LogP contribution in [-0.4, -0.2) is 60.9 Å². The van der Waals surface area contributed by atoms with Gasteiger partial charge in [-0.15, -0.1) is 0 Å². The van der Waals surface area contributed by atoms with Gasteiger partial charge in [-0.2, -0.15) is 8.42 Å². The molecule has 1 unspecified atom stereocenters. The number of carbonyl (C=O) groups excluding carboxylic acids is 3. The third-order valence-corrected chi connectivity index (χ3v) is 5.30. The molecule has 0 bridgehead atoms. The Balaban J connectivity index is 2.06. The number of hydrogen-bond acceptors (Lipinski definition) is 11. The van der Waals surface area contributed by atoms with Crippen molar-refractivity contribution in [3.05, 3.63) is 30.5 Å². The molecule has 1 saturated heterocycles. The highest BCUT2D eigenvalue weighted by atomic mass is 32.2. The van der Waals surface area contributed by atoms with E-state index in [1.807, 2.05) is 0 Å². The number of fused-ring (bicyclic) bond motifs is 1. The number of hydrogen-bond donors (Lipinski definition) is 1. The van der Waals surface area contributed by atoms with Crippen molar-refractivity contribution < 1.29 is 55.5 Å². The molecule has 0 aromatic carbocycles. The van der Waals surface area contributed by atoms with Crippen molar-refractivity contribution in [1.29, 1.82) is 0 Å². The predicted octanol–water partition coefficient (Wildman–Crippen LogP) is 1.13. The Labute approximate surface area is 182 Å². The van der Waals surface area contributed by atoms with E-state index in [4.69, 9.17) is 28.1 Å². The molecule has 12 nitrogen and oxygen atoms in total. The van der Waals surface area contributed by atoms with E-state index in [2.05, 4.69) is 0 Å². The third-order valence-electron chi connectivity index (χ3n) is 4.34. The summed E-state index contributed by atoms with van der Waals surface area (Å²) in [5, 5.41) is 0. The van der Waals surface area contributed by atoms with E-state index < -0.39 is 58.1 Å². The summed E-state index contributed by atoms with van der Waals surface area (Å²) < 4.78 is 65.5. The molecule has 174 valence electrons. The molecule has 2 heterocycles. The Morgan fingerprint density at radius 3 is 2.09 bits per heavy atom. The van der Waals surface area contributed by atoms with E-state index in [0.29, 0.717) is 5.56 Å². The van der Waals surface area contributed by atoms with Crippen LogP contribution < -0.4 is 4.74 Å². The van der Waals surface area contributed by atoms with Crippen LogP contribution in [0.3, 0.4) is 0 Å². The minimum atomic E-state index is -5.03. The first-order chi connectivity index (χ1) is 15.0. The molecular weight excluding hydrogens is 452 g/mol. The Morgan fingerprint density at radius 1 is 0.906 bits per heavy atom. The SMILES string of the molecule is CC(=O)O[C@@H]1[C@@H](OC(C)=O)[C@H](Oc2ccc3cccoc2-3)OC(S(=O)(=O)O)[C@H]1OC(C)=O. The monoisotopic (exact) mass is 472 g/mol. The molecule has 3 rings (SSSR count). The van der Waals surface area contributed by atoms with Crippen molar-refractivity contribution in [3.63, 3.8) is 0 Å². The molecule has 0 spiro atoms. The highest BCUT2D eigenvalue weighted by molar-refractivity contribution is 7.86. The van der Waals surface area contributed by atoms with Gasteiger partial charge in [0, 0.05) is 26.3 Å². The topological polar surface area (TPSA) is 165 Å². The smallest absolute Gasteiger partial charge is 0.303 e. The van der Waals surface area contributed by atoms with Crippen LogP contribution in [0.5, 0.6) is 5.75 Å². The summed E-state index contributed by atoms with van der Waals surface area (Å²) in [7, 11) is -5.03. The molecule has 13 heteroatoms. The lowest BCUT2D eigenvalue weighted by Crippen LogP contribution is -2.64. The van der Waals surface area contributed by atoms with Crippen LogP contribution in [0.1, 0.15) is 20.8 Å². The summed E-state index contributed by atoms with van der Waals surface area (Å²) in [6.45, 7) is 3.02. The van der Waals surface area contributed by atoms with Crippen molar-refractivity contribution >= 4 is 28.0 Å². The van der Waals surface area contributed by atoms with E-state index in [-0.39, 0.29) is 11.5 Å². The third kappa shape index (κ3) is 5.18. The standard InChI is InChI=1S/C19H20O12S/c1-9(20)27-15-16(28-10(2)21)18(30-13-7-6-12-5-4-8-26-14(12)13)31-19(32(23,24)25)17(15)29-11(3)22/h4-8,15-19H,1-3H3,(H,23,24,25)/t15-,16-,17+,18-,19?/m1/s1. The van der Waals surface area contributed by atoms with Crippen LogP contribution in [0.2, 0.25) is 0 Å². The number of esters is 3. The minimum Gasteiger partial charge on any atom is -0.460 e. The largest absolute Gasteiger partial charge is 0.460 e. The summed E-state index contributed by atoms with van der Waals surface area (Å²) in [6.07, 6.45) is -5.46. The molecule has 0 amide bonds. The fourth-order valence-corrected chi connectivity index (χ4v) is 4.06. The van der Waals surface area contributed by atoms with Gasteiger partial charge in [0.2, 0.25) is 17.8 Å². The van der Waals surface area contributed by atoms with Crippen LogP contribution in [0.4, 0.5) is 0 Å². The van der Waals surface area contributed by atoms with Gasteiger partial charge in [0.25, 0.3) is 10.1 Å². The quantitative estimate of drug-likeness (QED) is 0.362. The Kier molecular flexibility index (Phi) is 6.71. The van der Waals surface area contributed by atoms with Gasteiger partial charge in [-0.25, -0.2) is 0 Å². The zero-order valence-electron chi connectivity index (χ0n) is 17.1. The normalized spacial score (nSPS) is 25.7. The molecular formula is C19H20O12S.